The number of rotatable bonds is 8. The molecular weight excluding hydrogens is 464 g/mol. The van der Waals surface area contributed by atoms with Gasteiger partial charge >= 0.3 is 0 Å². The predicted molar refractivity (Wildman–Crippen MR) is 133 cm³/mol. The Morgan fingerprint density at radius 2 is 1.66 bits per heavy atom. The van der Waals surface area contributed by atoms with Gasteiger partial charge in [0, 0.05) is 30.2 Å². The van der Waals surface area contributed by atoms with Gasteiger partial charge in [-0.25, -0.2) is 13.4 Å². The molecule has 0 fully saturated rings. The van der Waals surface area contributed by atoms with Crippen LogP contribution in [0.4, 0.5) is 10.8 Å². The fourth-order valence-electron chi connectivity index (χ4n) is 3.12. The van der Waals surface area contributed by atoms with Crippen molar-refractivity contribution in [1.29, 1.82) is 0 Å². The maximum atomic E-state index is 11.7. The molecule has 4 N–H and O–H groups in total. The van der Waals surface area contributed by atoms with Gasteiger partial charge in [0.25, 0.3) is 0 Å². The van der Waals surface area contributed by atoms with Gasteiger partial charge in [-0.15, -0.1) is 11.3 Å². The van der Waals surface area contributed by atoms with Gasteiger partial charge in [-0.05, 0) is 60.5 Å². The van der Waals surface area contributed by atoms with Crippen LogP contribution in [0.25, 0.3) is 0 Å². The molecule has 7 nitrogen and oxygen atoms in total. The van der Waals surface area contributed by atoms with Gasteiger partial charge in [-0.1, -0.05) is 24.3 Å². The van der Waals surface area contributed by atoms with Gasteiger partial charge in [0.1, 0.15) is 0 Å². The number of carbonyl (C=O) groups is 1. The minimum atomic E-state index is -3.23. The predicted octanol–water partition coefficient (Wildman–Crippen LogP) is 3.54. The summed E-state index contributed by atoms with van der Waals surface area (Å²) in [6.07, 6.45) is 3.27. The van der Waals surface area contributed by atoms with E-state index < -0.39 is 9.84 Å². The fraction of sp³-hybridized carbons (Fsp3) is 0.227. The van der Waals surface area contributed by atoms with E-state index in [2.05, 4.69) is 15.6 Å². The number of benzene rings is 2. The molecule has 1 aromatic heterocycles. The number of hydrogen-bond donors (Lipinski definition) is 3. The Morgan fingerprint density at radius 1 is 1.03 bits per heavy atom. The molecule has 0 saturated carbocycles. The number of thiazole rings is 1. The lowest BCUT2D eigenvalue weighted by atomic mass is 10.0. The third-order valence-electron chi connectivity index (χ3n) is 4.65. The first kappa shape index (κ1) is 23.8. The number of amides is 1. The smallest absolute Gasteiger partial charge is 0.223 e. The normalized spacial score (nSPS) is 11.2. The van der Waals surface area contributed by atoms with Crippen LogP contribution < -0.4 is 16.4 Å². The van der Waals surface area contributed by atoms with E-state index in [0.29, 0.717) is 18.0 Å². The molecule has 1 heterocycles. The highest BCUT2D eigenvalue weighted by Gasteiger charge is 2.14. The number of thiocarbonyl (C=S) groups is 1. The topological polar surface area (TPSA) is 114 Å². The monoisotopic (exact) mass is 488 g/mol. The Bertz CT molecular complexity index is 1220. The molecule has 0 bridgehead atoms. The molecule has 0 aliphatic rings. The van der Waals surface area contributed by atoms with Crippen molar-refractivity contribution in [1.82, 2.24) is 4.98 Å². The quantitative estimate of drug-likeness (QED) is 0.416. The molecule has 0 radical (unpaired) electrons. The van der Waals surface area contributed by atoms with Crippen LogP contribution in [0.2, 0.25) is 0 Å². The van der Waals surface area contributed by atoms with Crippen molar-refractivity contribution in [3.05, 3.63) is 70.2 Å². The number of aromatic nitrogens is 1. The summed E-state index contributed by atoms with van der Waals surface area (Å²) in [5.74, 6) is -0.171. The third-order valence-corrected chi connectivity index (χ3v) is 6.89. The summed E-state index contributed by atoms with van der Waals surface area (Å²) in [6, 6.07) is 14.7. The second-order valence-corrected chi connectivity index (χ2v) is 10.9. The molecule has 0 spiro atoms. The van der Waals surface area contributed by atoms with Gasteiger partial charge < -0.3 is 16.4 Å². The Kier molecular flexibility index (Phi) is 7.60. The summed E-state index contributed by atoms with van der Waals surface area (Å²) in [4.78, 5) is 17.4. The zero-order chi connectivity index (χ0) is 23.3. The highest BCUT2D eigenvalue weighted by atomic mass is 32.2. The highest BCUT2D eigenvalue weighted by molar-refractivity contribution is 7.90. The zero-order valence-electron chi connectivity index (χ0n) is 17.7. The maximum absolute atomic E-state index is 11.7. The lowest BCUT2D eigenvalue weighted by molar-refractivity contribution is -0.114. The molecular formula is C22H24N4O3S3. The van der Waals surface area contributed by atoms with Gasteiger partial charge in [0.15, 0.2) is 20.1 Å². The van der Waals surface area contributed by atoms with E-state index in [0.717, 1.165) is 33.8 Å². The Labute approximate surface area is 197 Å². The highest BCUT2D eigenvalue weighted by Crippen LogP contribution is 2.27. The molecule has 3 rings (SSSR count). The van der Waals surface area contributed by atoms with Crippen molar-refractivity contribution in [2.45, 2.75) is 31.1 Å². The SMILES string of the molecule is CC(=O)Nc1nc(CCc2ccc(NC(N)=S)cc2)c(Cc2ccc(S(C)(=O)=O)cc2)s1. The molecule has 2 aromatic carbocycles. The number of hydrogen-bond acceptors (Lipinski definition) is 6. The molecule has 0 aliphatic heterocycles. The van der Waals surface area contributed by atoms with Gasteiger partial charge in [0.2, 0.25) is 5.91 Å². The van der Waals surface area contributed by atoms with E-state index in [1.807, 2.05) is 36.4 Å². The van der Waals surface area contributed by atoms with Crippen molar-refractivity contribution >= 4 is 55.2 Å². The molecule has 168 valence electrons. The largest absolute Gasteiger partial charge is 0.376 e. The minimum Gasteiger partial charge on any atom is -0.376 e. The maximum Gasteiger partial charge on any atom is 0.223 e. The van der Waals surface area contributed by atoms with Crippen LogP contribution in [0.15, 0.2) is 53.4 Å². The first-order valence-electron chi connectivity index (χ1n) is 9.81. The molecule has 0 atom stereocenters. The van der Waals surface area contributed by atoms with E-state index in [1.165, 1.54) is 24.5 Å². The molecule has 0 unspecified atom stereocenters. The number of nitrogens with zero attached hydrogens (tertiary/aromatic N) is 1. The number of nitrogens with two attached hydrogens (primary N) is 1. The Balaban J connectivity index is 1.76. The fourth-order valence-corrected chi connectivity index (χ4v) is 4.96. The summed E-state index contributed by atoms with van der Waals surface area (Å²) < 4.78 is 23.4. The van der Waals surface area contributed by atoms with Gasteiger partial charge in [-0.3, -0.25) is 4.79 Å². The van der Waals surface area contributed by atoms with E-state index in [4.69, 9.17) is 18.0 Å². The van der Waals surface area contributed by atoms with Crippen molar-refractivity contribution in [2.75, 3.05) is 16.9 Å². The zero-order valence-corrected chi connectivity index (χ0v) is 20.2. The third kappa shape index (κ3) is 6.84. The van der Waals surface area contributed by atoms with Crippen LogP contribution in [0.3, 0.4) is 0 Å². The number of anilines is 2. The second-order valence-electron chi connectivity index (χ2n) is 7.35. The first-order chi connectivity index (χ1) is 15.1. The van der Waals surface area contributed by atoms with Crippen LogP contribution >= 0.6 is 23.6 Å². The average molecular weight is 489 g/mol. The molecule has 32 heavy (non-hydrogen) atoms. The number of sulfone groups is 1. The molecule has 0 aliphatic carbocycles. The van der Waals surface area contributed by atoms with Crippen LogP contribution in [0.1, 0.15) is 28.6 Å². The lowest BCUT2D eigenvalue weighted by Gasteiger charge is -2.06. The molecule has 10 heteroatoms. The summed E-state index contributed by atoms with van der Waals surface area (Å²) in [6.45, 7) is 1.45. The summed E-state index contributed by atoms with van der Waals surface area (Å²) >= 11 is 6.29. The molecule has 1 amide bonds. The summed E-state index contributed by atoms with van der Waals surface area (Å²) in [7, 11) is -3.23. The molecule has 0 saturated heterocycles. The van der Waals surface area contributed by atoms with Crippen LogP contribution in [0, 0.1) is 0 Å². The van der Waals surface area contributed by atoms with E-state index in [1.54, 1.807) is 12.1 Å². The average Bonchev–Trinajstić information content (AvgIpc) is 3.07. The van der Waals surface area contributed by atoms with Crippen molar-refractivity contribution in [2.24, 2.45) is 5.73 Å². The van der Waals surface area contributed by atoms with Gasteiger partial charge in [0.05, 0.1) is 10.6 Å². The van der Waals surface area contributed by atoms with Crippen LogP contribution in [-0.2, 0) is 33.9 Å². The second kappa shape index (κ2) is 10.2. The van der Waals surface area contributed by atoms with E-state index >= 15 is 0 Å². The Hall–Kier alpha value is -2.82. The van der Waals surface area contributed by atoms with Crippen molar-refractivity contribution in [3.63, 3.8) is 0 Å². The van der Waals surface area contributed by atoms with E-state index in [-0.39, 0.29) is 15.9 Å². The summed E-state index contributed by atoms with van der Waals surface area (Å²) in [5.41, 5.74) is 9.36. The van der Waals surface area contributed by atoms with Crippen LogP contribution in [-0.4, -0.2) is 30.7 Å². The Morgan fingerprint density at radius 3 is 2.22 bits per heavy atom. The lowest BCUT2D eigenvalue weighted by Crippen LogP contribution is -2.18. The minimum absolute atomic E-state index is 0.171. The van der Waals surface area contributed by atoms with E-state index in [9.17, 15) is 13.2 Å². The standard InChI is InChI=1S/C22H24N4O3S3/c1-14(27)24-22-26-19(12-7-15-3-8-17(9-4-15)25-21(23)30)20(31-22)13-16-5-10-18(11-6-16)32(2,28)29/h3-6,8-11H,7,12-13H2,1-2H3,(H3,23,25,30)(H,24,26,27). The van der Waals surface area contributed by atoms with Crippen molar-refractivity contribution in [3.8, 4) is 0 Å². The summed E-state index contributed by atoms with van der Waals surface area (Å²) in [5, 5.41) is 6.44. The number of nitrogens with one attached hydrogen (secondary N) is 2. The first-order valence-corrected chi connectivity index (χ1v) is 12.9. The molecule has 3 aromatic rings. The number of carbonyl (C=O) groups excluding carboxylic acids is 1. The number of aryl methyl sites for hydroxylation is 2. The van der Waals surface area contributed by atoms with Gasteiger partial charge in [-0.2, -0.15) is 0 Å². The van der Waals surface area contributed by atoms with Crippen molar-refractivity contribution < 1.29 is 13.2 Å². The van der Waals surface area contributed by atoms with Crippen LogP contribution in [0.5, 0.6) is 0 Å².